The maximum absolute atomic E-state index is 12.4. The average Bonchev–Trinajstić information content (AvgIpc) is 2.91. The fourth-order valence-electron chi connectivity index (χ4n) is 2.58. The van der Waals surface area contributed by atoms with E-state index in [9.17, 15) is 9.59 Å². The van der Waals surface area contributed by atoms with Gasteiger partial charge in [-0.3, -0.25) is 9.20 Å². The Balaban J connectivity index is 1.69. The van der Waals surface area contributed by atoms with Crippen LogP contribution < -0.4 is 10.6 Å². The van der Waals surface area contributed by atoms with Gasteiger partial charge >= 0.3 is 5.69 Å². The third-order valence-corrected chi connectivity index (χ3v) is 4.07. The second-order valence-corrected chi connectivity index (χ2v) is 6.18. The van der Waals surface area contributed by atoms with E-state index >= 15 is 0 Å². The van der Waals surface area contributed by atoms with Crippen LogP contribution in [-0.4, -0.2) is 46.1 Å². The molecular formula is C18H21N5O2. The summed E-state index contributed by atoms with van der Waals surface area (Å²) in [5, 5.41) is 4.19. The van der Waals surface area contributed by atoms with Crippen LogP contribution in [0.3, 0.4) is 0 Å². The molecule has 7 nitrogen and oxygen atoms in total. The summed E-state index contributed by atoms with van der Waals surface area (Å²) in [5.41, 5.74) is 2.35. The van der Waals surface area contributed by atoms with Crippen molar-refractivity contribution < 1.29 is 4.79 Å². The third-order valence-electron chi connectivity index (χ3n) is 4.07. The smallest absolute Gasteiger partial charge is 0.350 e. The van der Waals surface area contributed by atoms with E-state index < -0.39 is 0 Å². The second kappa shape index (κ2) is 6.80. The highest BCUT2D eigenvalue weighted by Crippen LogP contribution is 2.13. The second-order valence-electron chi connectivity index (χ2n) is 6.18. The maximum atomic E-state index is 12.4. The molecule has 0 unspecified atom stereocenters. The van der Waals surface area contributed by atoms with Gasteiger partial charge in [-0.1, -0.05) is 18.2 Å². The lowest BCUT2D eigenvalue weighted by atomic mass is 10.2. The van der Waals surface area contributed by atoms with E-state index in [4.69, 9.17) is 0 Å². The number of aromatic nitrogens is 3. The van der Waals surface area contributed by atoms with Crippen molar-refractivity contribution >= 4 is 17.2 Å². The maximum Gasteiger partial charge on any atom is 0.350 e. The Morgan fingerprint density at radius 2 is 1.80 bits per heavy atom. The van der Waals surface area contributed by atoms with Crippen molar-refractivity contribution in [2.45, 2.75) is 13.1 Å². The van der Waals surface area contributed by atoms with Gasteiger partial charge in [-0.05, 0) is 29.8 Å². The van der Waals surface area contributed by atoms with Gasteiger partial charge in [0.15, 0.2) is 5.65 Å². The normalized spacial score (nSPS) is 10.8. The summed E-state index contributed by atoms with van der Waals surface area (Å²) in [5.74, 6) is -0.165. The molecular weight excluding hydrogens is 318 g/mol. The van der Waals surface area contributed by atoms with Crippen molar-refractivity contribution in [3.63, 3.8) is 0 Å². The van der Waals surface area contributed by atoms with Gasteiger partial charge in [0.1, 0.15) is 6.54 Å². The first-order valence-electron chi connectivity index (χ1n) is 8.00. The van der Waals surface area contributed by atoms with Crippen LogP contribution in [0.1, 0.15) is 5.56 Å². The van der Waals surface area contributed by atoms with Crippen LogP contribution in [0.4, 0.5) is 5.69 Å². The minimum absolute atomic E-state index is 0.0766. The minimum atomic E-state index is -0.312. The van der Waals surface area contributed by atoms with Crippen molar-refractivity contribution in [2.24, 2.45) is 0 Å². The van der Waals surface area contributed by atoms with Gasteiger partial charge in [0.2, 0.25) is 5.91 Å². The van der Waals surface area contributed by atoms with Gasteiger partial charge in [0, 0.05) is 39.6 Å². The molecule has 0 spiro atoms. The molecule has 3 rings (SSSR count). The molecule has 0 aliphatic heterocycles. The number of pyridine rings is 1. The number of carbonyl (C=O) groups excluding carboxylic acids is 1. The molecule has 25 heavy (non-hydrogen) atoms. The zero-order chi connectivity index (χ0) is 18.0. The first-order chi connectivity index (χ1) is 12.0. The van der Waals surface area contributed by atoms with Gasteiger partial charge in [-0.2, -0.15) is 0 Å². The van der Waals surface area contributed by atoms with Gasteiger partial charge in [-0.15, -0.1) is 5.10 Å². The molecule has 2 aromatic heterocycles. The molecule has 0 saturated heterocycles. The summed E-state index contributed by atoms with van der Waals surface area (Å²) in [6.45, 7) is 0.404. The molecule has 3 aromatic rings. The van der Waals surface area contributed by atoms with Crippen LogP contribution in [-0.2, 0) is 17.9 Å². The summed E-state index contributed by atoms with van der Waals surface area (Å²) in [6, 6.07) is 13.3. The molecule has 0 fully saturated rings. The van der Waals surface area contributed by atoms with E-state index in [1.165, 1.54) is 9.08 Å². The molecule has 0 saturated carbocycles. The lowest BCUT2D eigenvalue weighted by Gasteiger charge is -2.18. The molecule has 0 aliphatic carbocycles. The van der Waals surface area contributed by atoms with Crippen molar-refractivity contribution in [2.75, 3.05) is 26.0 Å². The fourth-order valence-corrected chi connectivity index (χ4v) is 2.58. The number of fused-ring (bicyclic) bond motifs is 1. The molecule has 0 aliphatic rings. The van der Waals surface area contributed by atoms with Crippen molar-refractivity contribution in [1.29, 1.82) is 0 Å². The predicted octanol–water partition coefficient (Wildman–Crippen LogP) is 1.22. The Hall–Kier alpha value is -3.09. The third kappa shape index (κ3) is 3.55. The van der Waals surface area contributed by atoms with Crippen molar-refractivity contribution in [3.05, 3.63) is 64.7 Å². The molecule has 1 amide bonds. The number of benzene rings is 1. The lowest BCUT2D eigenvalue weighted by Crippen LogP contribution is -2.34. The van der Waals surface area contributed by atoms with E-state index in [-0.39, 0.29) is 18.1 Å². The molecule has 130 valence electrons. The number of nitrogens with zero attached hydrogens (tertiary/aromatic N) is 5. The van der Waals surface area contributed by atoms with Crippen LogP contribution >= 0.6 is 0 Å². The Morgan fingerprint density at radius 1 is 1.08 bits per heavy atom. The lowest BCUT2D eigenvalue weighted by molar-refractivity contribution is -0.131. The van der Waals surface area contributed by atoms with Crippen LogP contribution in [0.15, 0.2) is 53.5 Å². The van der Waals surface area contributed by atoms with E-state index in [1.807, 2.05) is 43.3 Å². The SMILES string of the molecule is CN(Cc1ccc(N(C)C)cc1)C(=O)Cn1nc2ccccn2c1=O. The standard InChI is InChI=1S/C18H21N5O2/c1-20(2)15-9-7-14(8-10-15)12-21(3)17(24)13-23-18(25)22-11-5-4-6-16(22)19-23/h4-11H,12-13H2,1-3H3. The predicted molar refractivity (Wildman–Crippen MR) is 96.7 cm³/mol. The van der Waals surface area contributed by atoms with Gasteiger partial charge in [-0.25, -0.2) is 9.48 Å². The number of rotatable bonds is 5. The largest absolute Gasteiger partial charge is 0.378 e. The molecule has 0 bridgehead atoms. The zero-order valence-electron chi connectivity index (χ0n) is 14.6. The summed E-state index contributed by atoms with van der Waals surface area (Å²) >= 11 is 0. The summed E-state index contributed by atoms with van der Waals surface area (Å²) in [6.07, 6.45) is 1.64. The van der Waals surface area contributed by atoms with E-state index in [2.05, 4.69) is 5.10 Å². The molecule has 1 aromatic carbocycles. The highest BCUT2D eigenvalue weighted by Gasteiger charge is 2.14. The molecule has 2 heterocycles. The summed E-state index contributed by atoms with van der Waals surface area (Å²) in [7, 11) is 5.69. The van der Waals surface area contributed by atoms with Crippen molar-refractivity contribution in [1.82, 2.24) is 19.1 Å². The van der Waals surface area contributed by atoms with Crippen LogP contribution in [0.5, 0.6) is 0 Å². The number of likely N-dealkylation sites (N-methyl/N-ethyl adjacent to an activating group) is 1. The molecule has 0 radical (unpaired) electrons. The van der Waals surface area contributed by atoms with Crippen LogP contribution in [0.25, 0.3) is 5.65 Å². The van der Waals surface area contributed by atoms with Crippen LogP contribution in [0, 0.1) is 0 Å². The summed E-state index contributed by atoms with van der Waals surface area (Å²) < 4.78 is 2.62. The number of amides is 1. The Labute approximate surface area is 145 Å². The van der Waals surface area contributed by atoms with E-state index in [0.29, 0.717) is 12.2 Å². The molecule has 0 N–H and O–H groups in total. The average molecular weight is 339 g/mol. The van der Waals surface area contributed by atoms with Gasteiger partial charge in [0.25, 0.3) is 0 Å². The first-order valence-corrected chi connectivity index (χ1v) is 8.00. The number of anilines is 1. The number of hydrogen-bond acceptors (Lipinski definition) is 4. The van der Waals surface area contributed by atoms with E-state index in [1.54, 1.807) is 36.3 Å². The fraction of sp³-hybridized carbons (Fsp3) is 0.278. The molecule has 7 heteroatoms. The van der Waals surface area contributed by atoms with Gasteiger partial charge < -0.3 is 9.80 Å². The monoisotopic (exact) mass is 339 g/mol. The Bertz CT molecular complexity index is 940. The summed E-state index contributed by atoms with van der Waals surface area (Å²) in [4.78, 5) is 28.3. The van der Waals surface area contributed by atoms with Crippen molar-refractivity contribution in [3.8, 4) is 0 Å². The quantitative estimate of drug-likeness (QED) is 0.701. The first kappa shape index (κ1) is 16.8. The highest BCUT2D eigenvalue weighted by atomic mass is 16.2. The Kier molecular flexibility index (Phi) is 4.56. The molecule has 0 atom stereocenters. The number of hydrogen-bond donors (Lipinski definition) is 0. The van der Waals surface area contributed by atoms with E-state index in [0.717, 1.165) is 11.3 Å². The minimum Gasteiger partial charge on any atom is -0.378 e. The van der Waals surface area contributed by atoms with Crippen LogP contribution in [0.2, 0.25) is 0 Å². The zero-order valence-corrected chi connectivity index (χ0v) is 14.6. The Morgan fingerprint density at radius 3 is 2.44 bits per heavy atom. The topological polar surface area (TPSA) is 62.9 Å². The number of carbonyl (C=O) groups is 1. The highest BCUT2D eigenvalue weighted by molar-refractivity contribution is 5.75. The van der Waals surface area contributed by atoms with Gasteiger partial charge in [0.05, 0.1) is 0 Å².